The molecule has 0 fully saturated rings. The van der Waals surface area contributed by atoms with Gasteiger partial charge in [0.15, 0.2) is 0 Å². The first-order valence-electron chi connectivity index (χ1n) is 8.85. The van der Waals surface area contributed by atoms with Crippen LogP contribution < -0.4 is 24.8 Å². The zero-order valence-electron chi connectivity index (χ0n) is 16.2. The SMILES string of the molecule is CC1=C[CH]([Hf+2]([C]2=CC(C(C)(C)C)=CC2)[CH](C)C)c2ccccc21.[Cl-].[Cl-]. The summed E-state index contributed by atoms with van der Waals surface area (Å²) in [5, 5.41) is 0. The number of allylic oxidation sites excluding steroid dienone is 6. The van der Waals surface area contributed by atoms with Gasteiger partial charge in [0.25, 0.3) is 0 Å². The van der Waals surface area contributed by atoms with Crippen molar-refractivity contribution in [1.29, 1.82) is 0 Å². The number of halogens is 2. The van der Waals surface area contributed by atoms with Crippen molar-refractivity contribution in [3.63, 3.8) is 0 Å². The van der Waals surface area contributed by atoms with Crippen molar-refractivity contribution in [2.24, 2.45) is 5.41 Å². The van der Waals surface area contributed by atoms with Crippen LogP contribution in [0.2, 0.25) is 3.67 Å². The van der Waals surface area contributed by atoms with Gasteiger partial charge in [-0.25, -0.2) is 0 Å². The van der Waals surface area contributed by atoms with Crippen LogP contribution in [0.3, 0.4) is 0 Å². The Hall–Kier alpha value is -0.110. The number of hydrogen-bond donors (Lipinski definition) is 0. The van der Waals surface area contributed by atoms with Crippen LogP contribution in [0.25, 0.3) is 5.57 Å². The Bertz CT molecular complexity index is 705. The van der Waals surface area contributed by atoms with Gasteiger partial charge in [-0.15, -0.1) is 0 Å². The largest absolute Gasteiger partial charge is 1.00 e. The Morgan fingerprint density at radius 3 is 2.28 bits per heavy atom. The van der Waals surface area contributed by atoms with Gasteiger partial charge in [-0.05, 0) is 0 Å². The molecule has 0 saturated carbocycles. The summed E-state index contributed by atoms with van der Waals surface area (Å²) >= 11 is -1.95. The Morgan fingerprint density at radius 1 is 1.08 bits per heavy atom. The van der Waals surface area contributed by atoms with Gasteiger partial charge in [0.1, 0.15) is 0 Å². The predicted molar refractivity (Wildman–Crippen MR) is 98.2 cm³/mol. The molecular formula is C22H29Cl2Hf. The van der Waals surface area contributed by atoms with Crippen molar-refractivity contribution < 1.29 is 46.3 Å². The van der Waals surface area contributed by atoms with Crippen molar-refractivity contribution >= 4 is 5.57 Å². The molecule has 0 aliphatic heterocycles. The van der Waals surface area contributed by atoms with E-state index in [1.807, 2.05) is 3.33 Å². The number of fused-ring (bicyclic) bond motifs is 1. The summed E-state index contributed by atoms with van der Waals surface area (Å²) in [5.41, 5.74) is 6.46. The zero-order valence-corrected chi connectivity index (χ0v) is 21.3. The van der Waals surface area contributed by atoms with E-state index in [0.717, 1.165) is 7.35 Å². The van der Waals surface area contributed by atoms with Crippen LogP contribution >= 0.6 is 0 Å². The van der Waals surface area contributed by atoms with Crippen LogP contribution in [-0.2, 0) is 21.4 Å². The Labute approximate surface area is 174 Å². The first-order chi connectivity index (χ1) is 10.8. The van der Waals surface area contributed by atoms with Crippen molar-refractivity contribution in [2.45, 2.75) is 55.3 Å². The molecule has 1 atom stereocenters. The molecular weight excluding hydrogens is 514 g/mol. The van der Waals surface area contributed by atoms with E-state index in [-0.39, 0.29) is 30.2 Å². The third kappa shape index (κ3) is 4.60. The van der Waals surface area contributed by atoms with E-state index in [9.17, 15) is 0 Å². The average Bonchev–Trinajstić information content (AvgIpc) is 3.06. The Balaban J connectivity index is 0.00000156. The number of rotatable bonds is 3. The van der Waals surface area contributed by atoms with E-state index in [2.05, 4.69) is 84.0 Å². The summed E-state index contributed by atoms with van der Waals surface area (Å²) in [6.07, 6.45) is 8.91. The molecule has 1 aromatic rings. The Kier molecular flexibility index (Phi) is 8.00. The fourth-order valence-electron chi connectivity index (χ4n) is 3.99. The smallest absolute Gasteiger partial charge is 1.00 e. The van der Waals surface area contributed by atoms with E-state index in [1.165, 1.54) is 17.6 Å². The minimum atomic E-state index is -1.95. The molecule has 3 heteroatoms. The first-order valence-corrected chi connectivity index (χ1v) is 14.8. The second kappa shape index (κ2) is 8.72. The summed E-state index contributed by atoms with van der Waals surface area (Å²) in [4.78, 5) is 0. The normalized spacial score (nSPS) is 18.7. The van der Waals surface area contributed by atoms with E-state index in [1.54, 1.807) is 11.1 Å². The van der Waals surface area contributed by atoms with Gasteiger partial charge in [0.05, 0.1) is 0 Å². The third-order valence-corrected chi connectivity index (χ3v) is 17.7. The molecule has 0 amide bonds. The van der Waals surface area contributed by atoms with E-state index in [0.29, 0.717) is 0 Å². The van der Waals surface area contributed by atoms with Crippen LogP contribution in [0.4, 0.5) is 0 Å². The molecule has 0 nitrogen and oxygen atoms in total. The van der Waals surface area contributed by atoms with Crippen molar-refractivity contribution in [3.05, 3.63) is 62.5 Å². The molecule has 135 valence electrons. The van der Waals surface area contributed by atoms with Gasteiger partial charge < -0.3 is 24.8 Å². The zero-order chi connectivity index (χ0) is 16.8. The summed E-state index contributed by atoms with van der Waals surface area (Å²) in [6, 6.07) is 9.11. The first kappa shape index (κ1) is 22.9. The maximum Gasteiger partial charge on any atom is -1.00 e. The molecule has 3 rings (SSSR count). The van der Waals surface area contributed by atoms with E-state index >= 15 is 0 Å². The van der Waals surface area contributed by atoms with Crippen LogP contribution in [0.5, 0.6) is 0 Å². The van der Waals surface area contributed by atoms with Gasteiger partial charge in [-0.2, -0.15) is 0 Å². The molecule has 0 heterocycles. The molecule has 0 saturated heterocycles. The molecule has 2 aliphatic carbocycles. The van der Waals surface area contributed by atoms with Gasteiger partial charge >= 0.3 is 150 Å². The second-order valence-corrected chi connectivity index (χ2v) is 20.3. The summed E-state index contributed by atoms with van der Waals surface area (Å²) in [7, 11) is 0. The Morgan fingerprint density at radius 2 is 1.72 bits per heavy atom. The summed E-state index contributed by atoms with van der Waals surface area (Å²) in [5.74, 6) is 0. The molecule has 0 aromatic heterocycles. The molecule has 0 radical (unpaired) electrons. The summed E-state index contributed by atoms with van der Waals surface area (Å²) < 4.78 is 3.44. The van der Waals surface area contributed by atoms with Gasteiger partial charge in [0, 0.05) is 0 Å². The maximum absolute atomic E-state index is 2.60. The van der Waals surface area contributed by atoms with Crippen LogP contribution in [0, 0.1) is 5.41 Å². The molecule has 0 bridgehead atoms. The minimum absolute atomic E-state index is 0. The summed E-state index contributed by atoms with van der Waals surface area (Å²) in [6.45, 7) is 14.3. The predicted octanol–water partition coefficient (Wildman–Crippen LogP) is 0.859. The van der Waals surface area contributed by atoms with Gasteiger partial charge in [0.2, 0.25) is 0 Å². The molecule has 1 unspecified atom stereocenters. The van der Waals surface area contributed by atoms with Crippen LogP contribution in [0.1, 0.15) is 62.8 Å². The number of benzene rings is 1. The minimum Gasteiger partial charge on any atom is -1.00 e. The monoisotopic (exact) mass is 543 g/mol. The van der Waals surface area contributed by atoms with E-state index in [4.69, 9.17) is 0 Å². The van der Waals surface area contributed by atoms with Gasteiger partial charge in [-0.3, -0.25) is 0 Å². The van der Waals surface area contributed by atoms with E-state index < -0.39 is 21.4 Å². The molecule has 25 heavy (non-hydrogen) atoms. The average molecular weight is 543 g/mol. The van der Waals surface area contributed by atoms with Crippen LogP contribution in [0.15, 0.2) is 51.4 Å². The molecule has 0 N–H and O–H groups in total. The fourth-order valence-corrected chi connectivity index (χ4v) is 16.7. The van der Waals surface area contributed by atoms with Crippen molar-refractivity contribution in [3.8, 4) is 0 Å². The van der Waals surface area contributed by atoms with Crippen molar-refractivity contribution in [1.82, 2.24) is 0 Å². The van der Waals surface area contributed by atoms with Gasteiger partial charge in [-0.1, -0.05) is 0 Å². The van der Waals surface area contributed by atoms with Crippen LogP contribution in [-0.4, -0.2) is 0 Å². The number of hydrogen-bond acceptors (Lipinski definition) is 0. The molecule has 0 spiro atoms. The van der Waals surface area contributed by atoms with Crippen molar-refractivity contribution in [2.75, 3.05) is 0 Å². The fraction of sp³-hybridized carbons (Fsp3) is 0.455. The standard InChI is InChI=1S/C10H9.C9H13.C3H7.2ClH.Hf/c1-8-6-7-9-4-2-3-5-10(8)9;1-9(2,3)8-6-4-5-7-8;1-3-2;;;/h2-7H,1H3;6-7H,4H2,1-3H3;3H,1-2H3;2*1H;/q;;;;;+2/p-2. The molecule has 1 aromatic carbocycles. The third-order valence-electron chi connectivity index (χ3n) is 5.20. The topological polar surface area (TPSA) is 0 Å². The maximum atomic E-state index is 2.60. The second-order valence-electron chi connectivity index (χ2n) is 8.31. The molecule has 2 aliphatic rings. The quantitative estimate of drug-likeness (QED) is 0.497.